The fourth-order valence-electron chi connectivity index (χ4n) is 2.41. The quantitative estimate of drug-likeness (QED) is 0.722. The molecule has 0 amide bonds. The van der Waals surface area contributed by atoms with Crippen molar-refractivity contribution in [3.8, 4) is 0 Å². The zero-order valence-electron chi connectivity index (χ0n) is 9.09. The maximum atomic E-state index is 5.98. The van der Waals surface area contributed by atoms with Gasteiger partial charge in [-0.15, -0.1) is 0 Å². The topological polar surface area (TPSA) is 26.0 Å². The summed E-state index contributed by atoms with van der Waals surface area (Å²) in [7, 11) is 0. The molecule has 0 heterocycles. The first-order valence-corrected chi connectivity index (χ1v) is 5.54. The van der Waals surface area contributed by atoms with Crippen LogP contribution in [0.1, 0.15) is 42.9 Å². The summed E-state index contributed by atoms with van der Waals surface area (Å²) >= 11 is 0. The van der Waals surface area contributed by atoms with E-state index in [1.807, 2.05) is 0 Å². The van der Waals surface area contributed by atoms with Gasteiger partial charge < -0.3 is 5.73 Å². The van der Waals surface area contributed by atoms with Crippen LogP contribution in [0, 0.1) is 0 Å². The minimum absolute atomic E-state index is 0.380. The summed E-state index contributed by atoms with van der Waals surface area (Å²) in [5, 5.41) is 0. The number of nitrogens with two attached hydrogens (primary N) is 1. The van der Waals surface area contributed by atoms with Gasteiger partial charge in [0.2, 0.25) is 0 Å². The van der Waals surface area contributed by atoms with E-state index in [-0.39, 0.29) is 0 Å². The van der Waals surface area contributed by atoms with Crippen molar-refractivity contribution in [2.24, 2.45) is 5.73 Å². The maximum Gasteiger partial charge on any atom is 0.00825 e. The molecule has 0 fully saturated rings. The summed E-state index contributed by atoms with van der Waals surface area (Å²) in [5.74, 6) is 0.638. The van der Waals surface area contributed by atoms with E-state index in [2.05, 4.69) is 32.0 Å². The van der Waals surface area contributed by atoms with E-state index in [0.717, 1.165) is 12.8 Å². The Hall–Kier alpha value is -0.820. The molecule has 1 heteroatoms. The molecule has 1 aromatic carbocycles. The molecule has 0 aromatic heterocycles. The Morgan fingerprint density at radius 3 is 2.86 bits per heavy atom. The summed E-state index contributed by atoms with van der Waals surface area (Å²) in [5.41, 5.74) is 10.6. The third kappa shape index (κ3) is 1.69. The van der Waals surface area contributed by atoms with Crippen molar-refractivity contribution in [3.63, 3.8) is 0 Å². The summed E-state index contributed by atoms with van der Waals surface area (Å²) < 4.78 is 0. The summed E-state index contributed by atoms with van der Waals surface area (Å²) in [6.45, 7) is 4.54. The van der Waals surface area contributed by atoms with Crippen LogP contribution in [0.25, 0.3) is 0 Å². The first-order chi connectivity index (χ1) is 6.68. The zero-order valence-corrected chi connectivity index (χ0v) is 9.09. The van der Waals surface area contributed by atoms with Crippen LogP contribution in [0.2, 0.25) is 0 Å². The fraction of sp³-hybridized carbons (Fsp3) is 0.538. The smallest absolute Gasteiger partial charge is 0.00825 e. The third-order valence-electron chi connectivity index (χ3n) is 3.18. The SMILES string of the molecule is CC(C)c1cccc2c1CC[C@@H](N)C2. The minimum Gasteiger partial charge on any atom is -0.327 e. The normalized spacial score (nSPS) is 21.0. The highest BCUT2D eigenvalue weighted by Gasteiger charge is 2.18. The average Bonchev–Trinajstić information content (AvgIpc) is 2.16. The van der Waals surface area contributed by atoms with Crippen molar-refractivity contribution in [2.75, 3.05) is 0 Å². The van der Waals surface area contributed by atoms with E-state index in [9.17, 15) is 0 Å². The molecule has 0 saturated carbocycles. The minimum atomic E-state index is 0.380. The van der Waals surface area contributed by atoms with E-state index in [1.165, 1.54) is 17.5 Å². The van der Waals surface area contributed by atoms with Crippen LogP contribution < -0.4 is 5.73 Å². The van der Waals surface area contributed by atoms with Crippen LogP contribution in [0.15, 0.2) is 18.2 Å². The van der Waals surface area contributed by atoms with Crippen molar-refractivity contribution < 1.29 is 0 Å². The highest BCUT2D eigenvalue weighted by atomic mass is 14.6. The van der Waals surface area contributed by atoms with Gasteiger partial charge in [-0.2, -0.15) is 0 Å². The lowest BCUT2D eigenvalue weighted by molar-refractivity contribution is 0.570. The largest absolute Gasteiger partial charge is 0.327 e. The molecule has 0 spiro atoms. The molecule has 0 radical (unpaired) electrons. The lowest BCUT2D eigenvalue weighted by Gasteiger charge is -2.25. The van der Waals surface area contributed by atoms with Gasteiger partial charge in [-0.1, -0.05) is 32.0 Å². The molecular formula is C13H19N. The van der Waals surface area contributed by atoms with E-state index >= 15 is 0 Å². The molecule has 1 atom stereocenters. The van der Waals surface area contributed by atoms with Crippen molar-refractivity contribution in [2.45, 2.75) is 45.1 Å². The standard InChI is InChI=1S/C13H19N/c1-9(2)12-5-3-4-10-8-11(14)6-7-13(10)12/h3-5,9,11H,6-8,14H2,1-2H3/t11-/m1/s1. The molecule has 1 nitrogen and oxygen atoms in total. The lowest BCUT2D eigenvalue weighted by atomic mass is 9.83. The van der Waals surface area contributed by atoms with E-state index in [0.29, 0.717) is 12.0 Å². The molecule has 2 N–H and O–H groups in total. The predicted molar refractivity (Wildman–Crippen MR) is 60.5 cm³/mol. The second-order valence-electron chi connectivity index (χ2n) is 4.64. The van der Waals surface area contributed by atoms with Crippen LogP contribution in [0.5, 0.6) is 0 Å². The molecule has 76 valence electrons. The van der Waals surface area contributed by atoms with Crippen molar-refractivity contribution in [1.29, 1.82) is 0 Å². The number of benzene rings is 1. The fourth-order valence-corrected chi connectivity index (χ4v) is 2.41. The van der Waals surface area contributed by atoms with Crippen LogP contribution in [0.3, 0.4) is 0 Å². The Bertz CT molecular complexity index is 328. The first-order valence-electron chi connectivity index (χ1n) is 5.54. The Kier molecular flexibility index (Phi) is 2.60. The predicted octanol–water partition coefficient (Wildman–Crippen LogP) is 2.63. The molecule has 1 aliphatic rings. The number of hydrogen-bond donors (Lipinski definition) is 1. The van der Waals surface area contributed by atoms with E-state index in [1.54, 1.807) is 5.56 Å². The molecule has 1 aliphatic carbocycles. The maximum absolute atomic E-state index is 5.98. The van der Waals surface area contributed by atoms with Crippen LogP contribution >= 0.6 is 0 Å². The first kappa shape index (κ1) is 9.72. The molecule has 0 unspecified atom stereocenters. The number of fused-ring (bicyclic) bond motifs is 1. The molecule has 1 aromatic rings. The second-order valence-corrected chi connectivity index (χ2v) is 4.64. The van der Waals surface area contributed by atoms with Gasteiger partial charge in [0.15, 0.2) is 0 Å². The van der Waals surface area contributed by atoms with Gasteiger partial charge >= 0.3 is 0 Å². The molecule has 2 rings (SSSR count). The average molecular weight is 189 g/mol. The van der Waals surface area contributed by atoms with Gasteiger partial charge in [0.05, 0.1) is 0 Å². The zero-order chi connectivity index (χ0) is 10.1. The van der Waals surface area contributed by atoms with Gasteiger partial charge in [-0.05, 0) is 41.9 Å². The molecule has 0 saturated heterocycles. The van der Waals surface area contributed by atoms with Crippen molar-refractivity contribution in [3.05, 3.63) is 34.9 Å². The molecule has 0 bridgehead atoms. The van der Waals surface area contributed by atoms with Gasteiger partial charge in [0.1, 0.15) is 0 Å². The number of hydrogen-bond acceptors (Lipinski definition) is 1. The highest BCUT2D eigenvalue weighted by molar-refractivity contribution is 5.39. The Morgan fingerprint density at radius 2 is 2.14 bits per heavy atom. The van der Waals surface area contributed by atoms with Crippen molar-refractivity contribution in [1.82, 2.24) is 0 Å². The monoisotopic (exact) mass is 189 g/mol. The molecule has 0 aliphatic heterocycles. The number of rotatable bonds is 1. The summed E-state index contributed by atoms with van der Waals surface area (Å²) in [4.78, 5) is 0. The van der Waals surface area contributed by atoms with Crippen molar-refractivity contribution >= 4 is 0 Å². The molecule has 14 heavy (non-hydrogen) atoms. The Morgan fingerprint density at radius 1 is 1.36 bits per heavy atom. The van der Waals surface area contributed by atoms with Crippen LogP contribution in [-0.4, -0.2) is 6.04 Å². The third-order valence-corrected chi connectivity index (χ3v) is 3.18. The van der Waals surface area contributed by atoms with Gasteiger partial charge in [0.25, 0.3) is 0 Å². The second kappa shape index (κ2) is 3.74. The van der Waals surface area contributed by atoms with E-state index < -0.39 is 0 Å². The van der Waals surface area contributed by atoms with Crippen LogP contribution in [0.4, 0.5) is 0 Å². The Balaban J connectivity index is 2.41. The highest BCUT2D eigenvalue weighted by Crippen LogP contribution is 2.28. The lowest BCUT2D eigenvalue weighted by Crippen LogP contribution is -2.28. The van der Waals surface area contributed by atoms with Crippen LogP contribution in [-0.2, 0) is 12.8 Å². The van der Waals surface area contributed by atoms with Gasteiger partial charge in [-0.25, -0.2) is 0 Å². The Labute approximate surface area is 86.3 Å². The summed E-state index contributed by atoms with van der Waals surface area (Å²) in [6.07, 6.45) is 3.39. The van der Waals surface area contributed by atoms with Gasteiger partial charge in [-0.3, -0.25) is 0 Å². The van der Waals surface area contributed by atoms with Gasteiger partial charge in [0, 0.05) is 6.04 Å². The molecular weight excluding hydrogens is 170 g/mol. The van der Waals surface area contributed by atoms with E-state index in [4.69, 9.17) is 5.73 Å². The summed E-state index contributed by atoms with van der Waals surface area (Å²) in [6, 6.07) is 7.05.